The number of carbonyl (C=O) groups excluding carboxylic acids is 1. The summed E-state index contributed by atoms with van der Waals surface area (Å²) in [5.74, 6) is -2.80. The number of rotatable bonds is 3. The highest BCUT2D eigenvalue weighted by molar-refractivity contribution is 6.30. The van der Waals surface area contributed by atoms with Crippen LogP contribution in [-0.2, 0) is 9.59 Å². The molecular weight excluding hydrogens is 320 g/mol. The van der Waals surface area contributed by atoms with Crippen LogP contribution < -0.4 is 10.4 Å². The summed E-state index contributed by atoms with van der Waals surface area (Å²) in [7, 11) is 0. The number of fused-ring (bicyclic) bond motifs is 2. The topological polar surface area (TPSA) is 107 Å². The van der Waals surface area contributed by atoms with E-state index >= 15 is 0 Å². The molecule has 1 saturated heterocycles. The van der Waals surface area contributed by atoms with E-state index in [2.05, 4.69) is 16.4 Å². The highest BCUT2D eigenvalue weighted by Crippen LogP contribution is 2.27. The zero-order chi connectivity index (χ0) is 16.8. The molecule has 1 fully saturated rings. The molecule has 0 unspecified atom stereocenters. The summed E-state index contributed by atoms with van der Waals surface area (Å²) in [6, 6.07) is 5.42. The molecule has 23 heavy (non-hydrogen) atoms. The van der Waals surface area contributed by atoms with Crippen LogP contribution in [0.1, 0.15) is 25.0 Å². The molecule has 3 N–H and O–H groups in total. The average molecular weight is 337 g/mol. The van der Waals surface area contributed by atoms with Crippen LogP contribution >= 0.6 is 11.6 Å². The number of nitrogens with zero attached hydrogens (tertiary/aromatic N) is 1. The molecular formula is C16H17ClN2O4. The number of aromatic nitrogens is 1. The van der Waals surface area contributed by atoms with Crippen LogP contribution in [0.15, 0.2) is 36.6 Å². The number of quaternary nitrogens is 1. The first-order valence-electron chi connectivity index (χ1n) is 7.23. The lowest BCUT2D eigenvalue weighted by Crippen LogP contribution is -2.92. The SMILES string of the molecule is Clc1ccc(C2=C[C@H]3CC[C@@H](C2)[NH2+]3)nc1.O=C([O-])/C=C\C(=O)O. The monoisotopic (exact) mass is 336 g/mol. The van der Waals surface area contributed by atoms with Gasteiger partial charge in [0.15, 0.2) is 0 Å². The highest BCUT2D eigenvalue weighted by Gasteiger charge is 2.32. The maximum absolute atomic E-state index is 9.53. The van der Waals surface area contributed by atoms with E-state index in [1.165, 1.54) is 18.4 Å². The number of aliphatic carboxylic acids is 2. The molecule has 3 rings (SSSR count). The van der Waals surface area contributed by atoms with Crippen LogP contribution in [0, 0.1) is 0 Å². The number of halogens is 1. The predicted octanol–water partition coefficient (Wildman–Crippen LogP) is -0.00640. The van der Waals surface area contributed by atoms with Crippen molar-refractivity contribution in [1.29, 1.82) is 0 Å². The Morgan fingerprint density at radius 3 is 2.65 bits per heavy atom. The number of nitrogens with two attached hydrogens (primary N) is 1. The van der Waals surface area contributed by atoms with Crippen molar-refractivity contribution in [1.82, 2.24) is 4.98 Å². The minimum absolute atomic E-state index is 0.447. The van der Waals surface area contributed by atoms with Gasteiger partial charge in [-0.2, -0.15) is 0 Å². The van der Waals surface area contributed by atoms with Gasteiger partial charge in [-0.1, -0.05) is 11.6 Å². The molecule has 2 aliphatic heterocycles. The maximum atomic E-state index is 9.53. The molecule has 1 aromatic heterocycles. The minimum Gasteiger partial charge on any atom is -0.545 e. The summed E-state index contributed by atoms with van der Waals surface area (Å²) in [6.45, 7) is 0. The number of hydrogen-bond acceptors (Lipinski definition) is 4. The van der Waals surface area contributed by atoms with Crippen molar-refractivity contribution < 1.29 is 25.1 Å². The van der Waals surface area contributed by atoms with Crippen LogP contribution in [0.3, 0.4) is 0 Å². The summed E-state index contributed by atoms with van der Waals surface area (Å²) in [4.78, 5) is 23.4. The second-order valence-electron chi connectivity index (χ2n) is 5.44. The molecule has 0 radical (unpaired) electrons. The van der Waals surface area contributed by atoms with Crippen LogP contribution in [0.4, 0.5) is 0 Å². The lowest BCUT2D eigenvalue weighted by atomic mass is 10.0. The average Bonchev–Trinajstić information content (AvgIpc) is 2.85. The van der Waals surface area contributed by atoms with Gasteiger partial charge < -0.3 is 20.3 Å². The van der Waals surface area contributed by atoms with Crippen molar-refractivity contribution in [3.63, 3.8) is 0 Å². The number of carbonyl (C=O) groups is 2. The first-order valence-corrected chi connectivity index (χ1v) is 7.61. The molecule has 6 nitrogen and oxygen atoms in total. The van der Waals surface area contributed by atoms with Gasteiger partial charge in [-0.05, 0) is 29.9 Å². The molecule has 2 aliphatic rings. The van der Waals surface area contributed by atoms with Gasteiger partial charge in [-0.25, -0.2) is 4.79 Å². The highest BCUT2D eigenvalue weighted by atomic mass is 35.5. The van der Waals surface area contributed by atoms with Crippen LogP contribution in [0.5, 0.6) is 0 Å². The molecule has 3 heterocycles. The summed E-state index contributed by atoms with van der Waals surface area (Å²) in [5.41, 5.74) is 2.51. The Labute approximate surface area is 138 Å². The van der Waals surface area contributed by atoms with Crippen LogP contribution in [0.2, 0.25) is 5.02 Å². The van der Waals surface area contributed by atoms with Gasteiger partial charge in [0.25, 0.3) is 0 Å². The van der Waals surface area contributed by atoms with Crippen molar-refractivity contribution in [2.75, 3.05) is 0 Å². The van der Waals surface area contributed by atoms with Gasteiger partial charge >= 0.3 is 5.97 Å². The summed E-state index contributed by atoms with van der Waals surface area (Å²) in [6.07, 6.45) is 8.88. The van der Waals surface area contributed by atoms with Gasteiger partial charge in [-0.15, -0.1) is 0 Å². The quantitative estimate of drug-likeness (QED) is 0.755. The van der Waals surface area contributed by atoms with Crippen molar-refractivity contribution in [2.45, 2.75) is 31.3 Å². The Morgan fingerprint density at radius 1 is 1.35 bits per heavy atom. The number of pyridine rings is 1. The van der Waals surface area contributed by atoms with Gasteiger partial charge in [-0.3, -0.25) is 4.98 Å². The van der Waals surface area contributed by atoms with E-state index in [0.29, 0.717) is 23.2 Å². The third-order valence-corrected chi connectivity index (χ3v) is 3.93. The third kappa shape index (κ3) is 5.50. The molecule has 7 heteroatoms. The maximum Gasteiger partial charge on any atom is 0.328 e. The Kier molecular flexibility index (Phi) is 5.90. The Hall–Kier alpha value is -2.18. The fraction of sp³-hybridized carbons (Fsp3) is 0.312. The number of carboxylic acid groups (broad SMARTS) is 2. The van der Waals surface area contributed by atoms with E-state index in [9.17, 15) is 14.7 Å². The molecule has 0 aliphatic carbocycles. The van der Waals surface area contributed by atoms with E-state index in [1.807, 2.05) is 12.1 Å². The number of hydrogen-bond donors (Lipinski definition) is 2. The fourth-order valence-electron chi connectivity index (χ4n) is 2.76. The van der Waals surface area contributed by atoms with Crippen LogP contribution in [-0.4, -0.2) is 34.1 Å². The van der Waals surface area contributed by atoms with Crippen molar-refractivity contribution in [3.05, 3.63) is 47.3 Å². The lowest BCUT2D eigenvalue weighted by molar-refractivity contribution is -0.693. The van der Waals surface area contributed by atoms with Crippen LogP contribution in [0.25, 0.3) is 5.57 Å². The normalized spacial score (nSPS) is 22.2. The predicted molar refractivity (Wildman–Crippen MR) is 82.4 cm³/mol. The summed E-state index contributed by atoms with van der Waals surface area (Å²) >= 11 is 5.83. The summed E-state index contributed by atoms with van der Waals surface area (Å²) in [5, 5.41) is 20.4. The molecule has 0 spiro atoms. The van der Waals surface area contributed by atoms with Gasteiger partial charge in [0.05, 0.1) is 22.7 Å². The van der Waals surface area contributed by atoms with Crippen molar-refractivity contribution in [2.24, 2.45) is 0 Å². The largest absolute Gasteiger partial charge is 0.545 e. The first-order chi connectivity index (χ1) is 10.9. The van der Waals surface area contributed by atoms with E-state index in [0.717, 1.165) is 18.2 Å². The summed E-state index contributed by atoms with van der Waals surface area (Å²) < 4.78 is 0. The number of carboxylic acids is 2. The molecule has 122 valence electrons. The zero-order valence-electron chi connectivity index (χ0n) is 12.3. The molecule has 2 atom stereocenters. The van der Waals surface area contributed by atoms with Crippen molar-refractivity contribution in [3.8, 4) is 0 Å². The third-order valence-electron chi connectivity index (χ3n) is 3.71. The lowest BCUT2D eigenvalue weighted by Gasteiger charge is -2.17. The van der Waals surface area contributed by atoms with Crippen molar-refractivity contribution >= 4 is 29.1 Å². The zero-order valence-corrected chi connectivity index (χ0v) is 13.1. The standard InChI is InChI=1S/C12H13ClN2.C4H4O4/c13-9-1-4-12(14-7-9)8-5-10-2-3-11(6-8)15-10;5-3(6)1-2-4(7)8/h1,4-5,7,10-11,15H,2-3,6H2;1-2H,(H,5,6)(H,7,8)/b;2-1-/t10-,11+;/m1./s1. The Balaban J connectivity index is 0.000000207. The second kappa shape index (κ2) is 7.89. The van der Waals surface area contributed by atoms with E-state index < -0.39 is 11.9 Å². The molecule has 2 bridgehead atoms. The Bertz CT molecular complexity index is 624. The molecule has 0 amide bonds. The van der Waals surface area contributed by atoms with E-state index in [1.54, 1.807) is 6.20 Å². The van der Waals surface area contributed by atoms with E-state index in [-0.39, 0.29) is 0 Å². The second-order valence-corrected chi connectivity index (χ2v) is 5.88. The van der Waals surface area contributed by atoms with Gasteiger partial charge in [0, 0.05) is 31.5 Å². The minimum atomic E-state index is -1.51. The van der Waals surface area contributed by atoms with Gasteiger partial charge in [0.1, 0.15) is 6.04 Å². The molecule has 0 saturated carbocycles. The van der Waals surface area contributed by atoms with E-state index in [4.69, 9.17) is 16.7 Å². The Morgan fingerprint density at radius 2 is 2.13 bits per heavy atom. The molecule has 1 aromatic rings. The first kappa shape index (κ1) is 17.2. The smallest absolute Gasteiger partial charge is 0.328 e. The van der Waals surface area contributed by atoms with Gasteiger partial charge in [0.2, 0.25) is 0 Å². The molecule has 0 aromatic carbocycles. The fourth-order valence-corrected chi connectivity index (χ4v) is 2.87.